The number of nitrogen functional groups attached to an aromatic ring is 1. The van der Waals surface area contributed by atoms with Gasteiger partial charge in [-0.1, -0.05) is 17.3 Å². The van der Waals surface area contributed by atoms with Gasteiger partial charge in [0.2, 0.25) is 0 Å². The average Bonchev–Trinajstić information content (AvgIpc) is 2.97. The molecule has 0 atom stereocenters. The fourth-order valence-electron chi connectivity index (χ4n) is 1.67. The first-order chi connectivity index (χ1) is 8.72. The highest BCUT2D eigenvalue weighted by Gasteiger charge is 2.08. The Hall–Kier alpha value is -2.34. The predicted octanol–water partition coefficient (Wildman–Crippen LogP) is 2.34. The Morgan fingerprint density at radius 2 is 2.17 bits per heavy atom. The first-order valence-electron chi connectivity index (χ1n) is 5.23. The van der Waals surface area contributed by atoms with Gasteiger partial charge in [-0.3, -0.25) is 9.51 Å². The summed E-state index contributed by atoms with van der Waals surface area (Å²) in [6.07, 6.45) is 0. The number of anilines is 1. The molecule has 0 aliphatic heterocycles. The molecule has 0 fully saturated rings. The van der Waals surface area contributed by atoms with E-state index in [1.54, 1.807) is 0 Å². The van der Waals surface area contributed by atoms with Gasteiger partial charge >= 0.3 is 5.76 Å². The Balaban J connectivity index is 2.01. The number of thiophene rings is 1. The first kappa shape index (κ1) is 10.8. The fraction of sp³-hybridized carbons (Fsp3) is 0. The summed E-state index contributed by atoms with van der Waals surface area (Å²) >= 11 is 1.48. The number of hydrogen-bond acceptors (Lipinski definition) is 5. The van der Waals surface area contributed by atoms with Crippen LogP contribution in [0.2, 0.25) is 0 Å². The molecule has 0 saturated carbocycles. The Kier molecular flexibility index (Phi) is 2.49. The molecular formula is C12H9N3O2S. The molecule has 0 amide bonds. The van der Waals surface area contributed by atoms with E-state index in [9.17, 15) is 4.79 Å². The molecule has 0 aliphatic carbocycles. The molecule has 0 spiro atoms. The lowest BCUT2D eigenvalue weighted by Crippen LogP contribution is -1.94. The summed E-state index contributed by atoms with van der Waals surface area (Å²) in [6, 6.07) is 9.56. The summed E-state index contributed by atoms with van der Waals surface area (Å²) in [4.78, 5) is 14.3. The van der Waals surface area contributed by atoms with Crippen LogP contribution in [0.25, 0.3) is 21.8 Å². The van der Waals surface area contributed by atoms with Crippen LogP contribution in [-0.2, 0) is 0 Å². The molecule has 0 unspecified atom stereocenters. The SMILES string of the molecule is Nc1cccc(-c2csc(-c3noc(=O)[nH]3)c2)c1. The number of H-pyrrole nitrogens is 1. The molecular weight excluding hydrogens is 250 g/mol. The second-order valence-electron chi connectivity index (χ2n) is 3.77. The van der Waals surface area contributed by atoms with Gasteiger partial charge in [0.25, 0.3) is 0 Å². The Bertz CT molecular complexity index is 741. The van der Waals surface area contributed by atoms with Crippen molar-refractivity contribution in [1.29, 1.82) is 0 Å². The van der Waals surface area contributed by atoms with Gasteiger partial charge in [0, 0.05) is 5.69 Å². The van der Waals surface area contributed by atoms with Gasteiger partial charge in [0.1, 0.15) is 0 Å². The van der Waals surface area contributed by atoms with E-state index in [0.717, 1.165) is 21.7 Å². The van der Waals surface area contributed by atoms with E-state index in [2.05, 4.69) is 14.7 Å². The van der Waals surface area contributed by atoms with E-state index in [4.69, 9.17) is 5.73 Å². The van der Waals surface area contributed by atoms with Crippen LogP contribution >= 0.6 is 11.3 Å². The second kappa shape index (κ2) is 4.15. The third kappa shape index (κ3) is 1.93. The fourth-order valence-corrected chi connectivity index (χ4v) is 2.52. The van der Waals surface area contributed by atoms with Crippen LogP contribution in [0, 0.1) is 0 Å². The third-order valence-electron chi connectivity index (χ3n) is 2.49. The molecule has 3 rings (SSSR count). The third-order valence-corrected chi connectivity index (χ3v) is 3.43. The van der Waals surface area contributed by atoms with Crippen LogP contribution in [0.5, 0.6) is 0 Å². The summed E-state index contributed by atoms with van der Waals surface area (Å²) in [6.45, 7) is 0. The highest BCUT2D eigenvalue weighted by Crippen LogP contribution is 2.31. The normalized spacial score (nSPS) is 10.7. The Morgan fingerprint density at radius 1 is 1.28 bits per heavy atom. The number of aromatic nitrogens is 2. The van der Waals surface area contributed by atoms with Gasteiger partial charge in [-0.05, 0) is 34.7 Å². The maximum Gasteiger partial charge on any atom is 0.439 e. The Morgan fingerprint density at radius 3 is 2.89 bits per heavy atom. The van der Waals surface area contributed by atoms with Crippen molar-refractivity contribution in [3.05, 3.63) is 46.3 Å². The summed E-state index contributed by atoms with van der Waals surface area (Å²) in [5, 5.41) is 5.64. The molecule has 2 aromatic heterocycles. The van der Waals surface area contributed by atoms with Gasteiger partial charge in [-0.2, -0.15) is 0 Å². The molecule has 0 radical (unpaired) electrons. The molecule has 6 heteroatoms. The number of aromatic amines is 1. The standard InChI is InChI=1S/C12H9N3O2S/c13-9-3-1-2-7(4-9)8-5-10(18-6-8)11-14-12(16)17-15-11/h1-6H,13H2,(H,14,15,16). The lowest BCUT2D eigenvalue weighted by Gasteiger charge is -1.98. The molecule has 90 valence electrons. The van der Waals surface area contributed by atoms with Gasteiger partial charge in [0.15, 0.2) is 5.82 Å². The maximum atomic E-state index is 10.9. The number of benzene rings is 1. The molecule has 0 saturated heterocycles. The zero-order valence-electron chi connectivity index (χ0n) is 9.21. The second-order valence-corrected chi connectivity index (χ2v) is 4.68. The quantitative estimate of drug-likeness (QED) is 0.692. The molecule has 0 bridgehead atoms. The van der Waals surface area contributed by atoms with Crippen LogP contribution in [0.3, 0.4) is 0 Å². The summed E-state index contributed by atoms with van der Waals surface area (Å²) < 4.78 is 4.48. The number of nitrogens with zero attached hydrogens (tertiary/aromatic N) is 1. The minimum Gasteiger partial charge on any atom is -0.399 e. The van der Waals surface area contributed by atoms with Crippen molar-refractivity contribution in [2.75, 3.05) is 5.73 Å². The summed E-state index contributed by atoms with van der Waals surface area (Å²) in [5.74, 6) is -0.107. The van der Waals surface area contributed by atoms with E-state index in [1.165, 1.54) is 11.3 Å². The number of rotatable bonds is 2. The highest BCUT2D eigenvalue weighted by molar-refractivity contribution is 7.13. The maximum absolute atomic E-state index is 10.9. The van der Waals surface area contributed by atoms with E-state index in [1.807, 2.05) is 35.7 Å². The molecule has 3 N–H and O–H groups in total. The van der Waals surface area contributed by atoms with Crippen molar-refractivity contribution in [3.63, 3.8) is 0 Å². The van der Waals surface area contributed by atoms with Crippen LogP contribution < -0.4 is 11.5 Å². The zero-order valence-corrected chi connectivity index (χ0v) is 10.0. The molecule has 3 aromatic rings. The van der Waals surface area contributed by atoms with Crippen molar-refractivity contribution in [1.82, 2.24) is 10.1 Å². The van der Waals surface area contributed by atoms with Crippen LogP contribution in [0.15, 0.2) is 45.0 Å². The van der Waals surface area contributed by atoms with Crippen molar-refractivity contribution in [2.45, 2.75) is 0 Å². The number of nitrogens with one attached hydrogen (secondary N) is 1. The largest absolute Gasteiger partial charge is 0.439 e. The van der Waals surface area contributed by atoms with Crippen molar-refractivity contribution in [3.8, 4) is 21.8 Å². The van der Waals surface area contributed by atoms with Crippen LogP contribution in [0.4, 0.5) is 5.69 Å². The minimum absolute atomic E-state index is 0.445. The lowest BCUT2D eigenvalue weighted by molar-refractivity contribution is 0.388. The molecule has 2 heterocycles. The monoisotopic (exact) mass is 259 g/mol. The van der Waals surface area contributed by atoms with Crippen LogP contribution in [-0.4, -0.2) is 10.1 Å². The highest BCUT2D eigenvalue weighted by atomic mass is 32.1. The number of nitrogens with two attached hydrogens (primary N) is 1. The topological polar surface area (TPSA) is 84.9 Å². The zero-order chi connectivity index (χ0) is 12.5. The van der Waals surface area contributed by atoms with E-state index < -0.39 is 5.76 Å². The minimum atomic E-state index is -0.552. The molecule has 18 heavy (non-hydrogen) atoms. The summed E-state index contributed by atoms with van der Waals surface area (Å²) in [5.41, 5.74) is 8.53. The van der Waals surface area contributed by atoms with E-state index in [0.29, 0.717) is 5.82 Å². The molecule has 0 aliphatic rings. The van der Waals surface area contributed by atoms with Crippen molar-refractivity contribution in [2.24, 2.45) is 0 Å². The van der Waals surface area contributed by atoms with E-state index >= 15 is 0 Å². The van der Waals surface area contributed by atoms with Gasteiger partial charge < -0.3 is 5.73 Å². The van der Waals surface area contributed by atoms with Crippen molar-refractivity contribution < 1.29 is 4.52 Å². The average molecular weight is 259 g/mol. The van der Waals surface area contributed by atoms with E-state index in [-0.39, 0.29) is 0 Å². The van der Waals surface area contributed by atoms with Crippen molar-refractivity contribution >= 4 is 17.0 Å². The molecule has 1 aromatic carbocycles. The summed E-state index contributed by atoms with van der Waals surface area (Å²) in [7, 11) is 0. The Labute approximate surface area is 106 Å². The predicted molar refractivity (Wildman–Crippen MR) is 70.3 cm³/mol. The van der Waals surface area contributed by atoms with Crippen LogP contribution in [0.1, 0.15) is 0 Å². The first-order valence-corrected chi connectivity index (χ1v) is 6.11. The smallest absolute Gasteiger partial charge is 0.399 e. The number of hydrogen-bond donors (Lipinski definition) is 2. The molecule has 5 nitrogen and oxygen atoms in total. The van der Waals surface area contributed by atoms with Gasteiger partial charge in [-0.15, -0.1) is 11.3 Å². The lowest BCUT2D eigenvalue weighted by atomic mass is 10.1. The van der Waals surface area contributed by atoms with Gasteiger partial charge in [0.05, 0.1) is 4.88 Å². The van der Waals surface area contributed by atoms with Gasteiger partial charge in [-0.25, -0.2) is 4.79 Å².